The Kier molecular flexibility index (Phi) is 3.05. The summed E-state index contributed by atoms with van der Waals surface area (Å²) in [7, 11) is 0. The van der Waals surface area contributed by atoms with E-state index in [1.165, 1.54) is 12.1 Å². The second kappa shape index (κ2) is 4.42. The van der Waals surface area contributed by atoms with Crippen LogP contribution in [0.3, 0.4) is 0 Å². The minimum atomic E-state index is -4.56. The number of rotatable bonds is 2. The normalized spacial score (nSPS) is 11.6. The summed E-state index contributed by atoms with van der Waals surface area (Å²) < 4.78 is 38.3. The van der Waals surface area contributed by atoms with Gasteiger partial charge < -0.3 is 5.11 Å². The van der Waals surface area contributed by atoms with Crippen LogP contribution in [-0.4, -0.2) is 20.9 Å². The number of aryl methyl sites for hydroxylation is 1. The summed E-state index contributed by atoms with van der Waals surface area (Å²) in [6.45, 7) is 1.71. The van der Waals surface area contributed by atoms with Crippen molar-refractivity contribution >= 4 is 5.97 Å². The van der Waals surface area contributed by atoms with Crippen LogP contribution in [0.15, 0.2) is 30.5 Å². The highest BCUT2D eigenvalue weighted by Gasteiger charge is 2.33. The molecule has 7 heteroatoms. The number of hydrogen-bond acceptors (Lipinski definition) is 2. The van der Waals surface area contributed by atoms with E-state index in [-0.39, 0.29) is 11.3 Å². The third-order valence-electron chi connectivity index (χ3n) is 2.51. The first-order valence-corrected chi connectivity index (χ1v) is 5.26. The molecule has 0 amide bonds. The zero-order valence-corrected chi connectivity index (χ0v) is 9.77. The molecule has 4 nitrogen and oxygen atoms in total. The highest BCUT2D eigenvalue weighted by atomic mass is 19.4. The molecule has 2 rings (SSSR count). The van der Waals surface area contributed by atoms with Gasteiger partial charge in [0.25, 0.3) is 0 Å². The first-order valence-electron chi connectivity index (χ1n) is 5.26. The number of aromatic carboxylic acids is 1. The lowest BCUT2D eigenvalue weighted by molar-refractivity contribution is -0.141. The minimum absolute atomic E-state index is 0.100. The maximum Gasteiger partial charge on any atom is 0.435 e. The molecular formula is C12H9F3N2O2. The van der Waals surface area contributed by atoms with Crippen LogP contribution in [0.5, 0.6) is 0 Å². The standard InChI is InChI=1S/C12H9F3N2O2/c1-7-2-3-8(11(18)19)9(6-7)17-5-4-10(16-17)12(13,14)15/h2-6H,1H3,(H,18,19). The molecule has 1 aromatic carbocycles. The van der Waals surface area contributed by atoms with Gasteiger partial charge in [-0.05, 0) is 30.7 Å². The predicted molar refractivity (Wildman–Crippen MR) is 60.3 cm³/mol. The average Bonchev–Trinajstić information content (AvgIpc) is 2.77. The number of carboxylic acid groups (broad SMARTS) is 1. The molecule has 0 saturated heterocycles. The molecule has 0 aliphatic heterocycles. The molecular weight excluding hydrogens is 261 g/mol. The summed E-state index contributed by atoms with van der Waals surface area (Å²) in [6, 6.07) is 5.17. The third kappa shape index (κ3) is 2.59. The van der Waals surface area contributed by atoms with Gasteiger partial charge in [-0.15, -0.1) is 0 Å². The first-order chi connectivity index (χ1) is 8.79. The number of nitrogens with zero attached hydrogens (tertiary/aromatic N) is 2. The van der Waals surface area contributed by atoms with Crippen molar-refractivity contribution in [1.82, 2.24) is 9.78 Å². The van der Waals surface area contributed by atoms with Crippen molar-refractivity contribution in [3.8, 4) is 5.69 Å². The van der Waals surface area contributed by atoms with Crippen LogP contribution in [0.2, 0.25) is 0 Å². The highest BCUT2D eigenvalue weighted by molar-refractivity contribution is 5.92. The first kappa shape index (κ1) is 13.1. The fourth-order valence-electron chi connectivity index (χ4n) is 1.62. The van der Waals surface area contributed by atoms with E-state index in [0.717, 1.165) is 22.5 Å². The summed E-state index contributed by atoms with van der Waals surface area (Å²) in [6.07, 6.45) is -3.47. The molecule has 100 valence electrons. The Bertz CT molecular complexity index is 632. The van der Waals surface area contributed by atoms with Gasteiger partial charge >= 0.3 is 12.1 Å². The smallest absolute Gasteiger partial charge is 0.435 e. The monoisotopic (exact) mass is 270 g/mol. The minimum Gasteiger partial charge on any atom is -0.478 e. The molecule has 0 aliphatic carbocycles. The number of halogens is 3. The predicted octanol–water partition coefficient (Wildman–Crippen LogP) is 2.90. The topological polar surface area (TPSA) is 55.1 Å². The van der Waals surface area contributed by atoms with Crippen LogP contribution in [0.1, 0.15) is 21.6 Å². The van der Waals surface area contributed by atoms with Gasteiger partial charge in [-0.2, -0.15) is 18.3 Å². The molecule has 0 atom stereocenters. The average molecular weight is 270 g/mol. The third-order valence-corrected chi connectivity index (χ3v) is 2.51. The summed E-state index contributed by atoms with van der Waals surface area (Å²) in [5, 5.41) is 12.4. The van der Waals surface area contributed by atoms with Gasteiger partial charge in [-0.25, -0.2) is 9.48 Å². The molecule has 2 aromatic rings. The molecule has 1 heterocycles. The van der Waals surface area contributed by atoms with Crippen LogP contribution in [-0.2, 0) is 6.18 Å². The van der Waals surface area contributed by atoms with E-state index in [0.29, 0.717) is 0 Å². The van der Waals surface area contributed by atoms with E-state index in [9.17, 15) is 18.0 Å². The van der Waals surface area contributed by atoms with E-state index in [4.69, 9.17) is 5.11 Å². The lowest BCUT2D eigenvalue weighted by Crippen LogP contribution is -2.10. The van der Waals surface area contributed by atoms with Crippen molar-refractivity contribution in [3.05, 3.63) is 47.3 Å². The van der Waals surface area contributed by atoms with Crippen molar-refractivity contribution in [2.45, 2.75) is 13.1 Å². The van der Waals surface area contributed by atoms with E-state index < -0.39 is 17.8 Å². The number of alkyl halides is 3. The second-order valence-electron chi connectivity index (χ2n) is 3.97. The Morgan fingerprint density at radius 2 is 2.00 bits per heavy atom. The fourth-order valence-corrected chi connectivity index (χ4v) is 1.62. The second-order valence-corrected chi connectivity index (χ2v) is 3.97. The van der Waals surface area contributed by atoms with E-state index in [1.54, 1.807) is 13.0 Å². The van der Waals surface area contributed by atoms with E-state index >= 15 is 0 Å². The summed E-state index contributed by atoms with van der Waals surface area (Å²) >= 11 is 0. The molecule has 0 radical (unpaired) electrons. The lowest BCUT2D eigenvalue weighted by atomic mass is 10.1. The lowest BCUT2D eigenvalue weighted by Gasteiger charge is -2.07. The number of carboxylic acids is 1. The van der Waals surface area contributed by atoms with Crippen molar-refractivity contribution in [1.29, 1.82) is 0 Å². The van der Waals surface area contributed by atoms with Gasteiger partial charge in [-0.1, -0.05) is 6.07 Å². The Hall–Kier alpha value is -2.31. The molecule has 0 saturated carbocycles. The number of hydrogen-bond donors (Lipinski definition) is 1. The molecule has 0 unspecified atom stereocenters. The molecule has 0 aliphatic rings. The van der Waals surface area contributed by atoms with Crippen LogP contribution < -0.4 is 0 Å². The van der Waals surface area contributed by atoms with Crippen LogP contribution in [0.4, 0.5) is 13.2 Å². The summed E-state index contributed by atoms with van der Waals surface area (Å²) in [4.78, 5) is 11.0. The van der Waals surface area contributed by atoms with Crippen LogP contribution in [0, 0.1) is 6.92 Å². The van der Waals surface area contributed by atoms with Crippen LogP contribution in [0.25, 0.3) is 5.69 Å². The van der Waals surface area contributed by atoms with Gasteiger partial charge in [0.2, 0.25) is 0 Å². The van der Waals surface area contributed by atoms with E-state index in [1.807, 2.05) is 0 Å². The van der Waals surface area contributed by atoms with Gasteiger partial charge in [0, 0.05) is 6.20 Å². The highest BCUT2D eigenvalue weighted by Crippen LogP contribution is 2.28. The molecule has 19 heavy (non-hydrogen) atoms. The summed E-state index contributed by atoms with van der Waals surface area (Å²) in [5.41, 5.74) is -0.347. The van der Waals surface area contributed by atoms with Crippen LogP contribution >= 0.6 is 0 Å². The molecule has 1 aromatic heterocycles. The van der Waals surface area contributed by atoms with Crippen molar-refractivity contribution in [2.24, 2.45) is 0 Å². The maximum atomic E-state index is 12.5. The quantitative estimate of drug-likeness (QED) is 0.912. The van der Waals surface area contributed by atoms with Crippen molar-refractivity contribution < 1.29 is 23.1 Å². The van der Waals surface area contributed by atoms with E-state index in [2.05, 4.69) is 5.10 Å². The Balaban J connectivity index is 2.55. The largest absolute Gasteiger partial charge is 0.478 e. The Morgan fingerprint density at radius 3 is 2.53 bits per heavy atom. The molecule has 0 bridgehead atoms. The molecule has 1 N–H and O–H groups in total. The zero-order chi connectivity index (χ0) is 14.2. The van der Waals surface area contributed by atoms with Gasteiger partial charge in [0.15, 0.2) is 5.69 Å². The van der Waals surface area contributed by atoms with Crippen molar-refractivity contribution in [3.63, 3.8) is 0 Å². The molecule has 0 fully saturated rings. The van der Waals surface area contributed by atoms with Crippen molar-refractivity contribution in [2.75, 3.05) is 0 Å². The zero-order valence-electron chi connectivity index (χ0n) is 9.77. The number of aromatic nitrogens is 2. The Labute approximate surface area is 106 Å². The van der Waals surface area contributed by atoms with Gasteiger partial charge in [-0.3, -0.25) is 0 Å². The Morgan fingerprint density at radius 1 is 1.32 bits per heavy atom. The number of benzene rings is 1. The SMILES string of the molecule is Cc1ccc(C(=O)O)c(-n2ccc(C(F)(F)F)n2)c1. The maximum absolute atomic E-state index is 12.5. The summed E-state index contributed by atoms with van der Waals surface area (Å²) in [5.74, 6) is -1.22. The molecule has 0 spiro atoms. The van der Waals surface area contributed by atoms with Gasteiger partial charge in [0.05, 0.1) is 11.3 Å². The fraction of sp³-hybridized carbons (Fsp3) is 0.167. The van der Waals surface area contributed by atoms with Gasteiger partial charge in [0.1, 0.15) is 0 Å². The number of carbonyl (C=O) groups is 1.